The molecule has 0 saturated carbocycles. The van der Waals surface area contributed by atoms with Gasteiger partial charge >= 0.3 is 0 Å². The van der Waals surface area contributed by atoms with Crippen LogP contribution in [-0.2, 0) is 12.8 Å². The third-order valence-corrected chi connectivity index (χ3v) is 7.47. The van der Waals surface area contributed by atoms with Gasteiger partial charge in [0.2, 0.25) is 0 Å². The zero-order valence-corrected chi connectivity index (χ0v) is 24.1. The second-order valence-electron chi connectivity index (χ2n) is 10.9. The van der Waals surface area contributed by atoms with E-state index in [0.29, 0.717) is 0 Å². The molecular formula is C38H50. The molecule has 0 aliphatic carbocycles. The van der Waals surface area contributed by atoms with Gasteiger partial charge in [0.1, 0.15) is 0 Å². The van der Waals surface area contributed by atoms with Crippen LogP contribution in [0.25, 0.3) is 24.3 Å². The molecule has 0 unspecified atom stereocenters. The Kier molecular flexibility index (Phi) is 14.4. The average molecular weight is 507 g/mol. The smallest absolute Gasteiger partial charge is 0.0256 e. The van der Waals surface area contributed by atoms with Crippen molar-refractivity contribution in [2.24, 2.45) is 0 Å². The molecule has 0 saturated heterocycles. The normalized spacial score (nSPS) is 11.6. The number of hydrogen-bond donors (Lipinski definition) is 0. The van der Waals surface area contributed by atoms with Crippen LogP contribution in [0.5, 0.6) is 0 Å². The molecule has 0 N–H and O–H groups in total. The monoisotopic (exact) mass is 506 g/mol. The summed E-state index contributed by atoms with van der Waals surface area (Å²) in [5, 5.41) is 0. The Morgan fingerprint density at radius 3 is 0.921 bits per heavy atom. The van der Waals surface area contributed by atoms with Crippen molar-refractivity contribution in [1.82, 2.24) is 0 Å². The van der Waals surface area contributed by atoms with E-state index in [4.69, 9.17) is 0 Å². The first-order valence-corrected chi connectivity index (χ1v) is 15.4. The number of hydrogen-bond acceptors (Lipinski definition) is 0. The maximum absolute atomic E-state index is 2.29. The molecule has 0 bridgehead atoms. The van der Waals surface area contributed by atoms with Crippen LogP contribution in [0.1, 0.15) is 124 Å². The molecule has 38 heavy (non-hydrogen) atoms. The molecule has 0 atom stereocenters. The number of rotatable bonds is 18. The van der Waals surface area contributed by atoms with Crippen molar-refractivity contribution in [3.63, 3.8) is 0 Å². The van der Waals surface area contributed by atoms with Crippen LogP contribution in [0.4, 0.5) is 0 Å². The van der Waals surface area contributed by atoms with Crippen molar-refractivity contribution in [3.05, 3.63) is 106 Å². The van der Waals surface area contributed by atoms with E-state index < -0.39 is 0 Å². The lowest BCUT2D eigenvalue weighted by Crippen LogP contribution is -1.86. The van der Waals surface area contributed by atoms with E-state index in [9.17, 15) is 0 Å². The third-order valence-electron chi connectivity index (χ3n) is 7.47. The van der Waals surface area contributed by atoms with Gasteiger partial charge in [0.05, 0.1) is 0 Å². The Bertz CT molecular complexity index is 960. The fourth-order valence-electron chi connectivity index (χ4n) is 4.91. The van der Waals surface area contributed by atoms with E-state index in [1.165, 1.54) is 123 Å². The second kappa shape index (κ2) is 18.4. The van der Waals surface area contributed by atoms with Gasteiger partial charge < -0.3 is 0 Å². The summed E-state index contributed by atoms with van der Waals surface area (Å²) in [5.74, 6) is 0. The highest BCUT2D eigenvalue weighted by Crippen LogP contribution is 2.16. The number of benzene rings is 3. The Labute approximate surface area is 233 Å². The summed E-state index contributed by atoms with van der Waals surface area (Å²) in [6, 6.07) is 27.0. The lowest BCUT2D eigenvalue weighted by Gasteiger charge is -2.03. The largest absolute Gasteiger partial charge is 0.0654 e. The van der Waals surface area contributed by atoms with Crippen LogP contribution in [-0.4, -0.2) is 0 Å². The lowest BCUT2D eigenvalue weighted by molar-refractivity contribution is 0.607. The highest BCUT2D eigenvalue weighted by atomic mass is 14.0. The third kappa shape index (κ3) is 12.1. The van der Waals surface area contributed by atoms with E-state index in [1.54, 1.807) is 0 Å². The summed E-state index contributed by atoms with van der Waals surface area (Å²) in [7, 11) is 0. The molecule has 0 aliphatic rings. The Balaban J connectivity index is 1.39. The second-order valence-corrected chi connectivity index (χ2v) is 10.9. The van der Waals surface area contributed by atoms with Gasteiger partial charge in [-0.15, -0.1) is 0 Å². The minimum atomic E-state index is 1.20. The topological polar surface area (TPSA) is 0 Å². The molecule has 0 heteroatoms. The van der Waals surface area contributed by atoms with Gasteiger partial charge in [-0.2, -0.15) is 0 Å². The molecule has 0 amide bonds. The van der Waals surface area contributed by atoms with Crippen molar-refractivity contribution >= 4 is 24.3 Å². The summed E-state index contributed by atoms with van der Waals surface area (Å²) in [4.78, 5) is 0. The van der Waals surface area contributed by atoms with Crippen LogP contribution in [0.15, 0.2) is 72.8 Å². The van der Waals surface area contributed by atoms with Gasteiger partial charge in [-0.3, -0.25) is 0 Å². The fourth-order valence-corrected chi connectivity index (χ4v) is 4.91. The fraction of sp³-hybridized carbons (Fsp3) is 0.421. The van der Waals surface area contributed by atoms with Crippen molar-refractivity contribution in [2.45, 2.75) is 104 Å². The van der Waals surface area contributed by atoms with E-state index in [0.717, 1.165) is 0 Å². The SMILES string of the molecule is CCCCCCCCc1ccc(/C=C/c2ccc(/C=C/c3ccc(CCCCCCCC)cc3)cc2)cc1. The molecule has 0 heterocycles. The van der Waals surface area contributed by atoms with E-state index in [2.05, 4.69) is 111 Å². The maximum atomic E-state index is 2.29. The molecule has 0 radical (unpaired) electrons. The molecule has 3 aromatic rings. The van der Waals surface area contributed by atoms with Gasteiger partial charge in [-0.1, -0.05) is 175 Å². The molecule has 202 valence electrons. The van der Waals surface area contributed by atoms with Crippen LogP contribution in [0.3, 0.4) is 0 Å². The van der Waals surface area contributed by atoms with Crippen LogP contribution in [0, 0.1) is 0 Å². The summed E-state index contributed by atoms with van der Waals surface area (Å²) in [5.41, 5.74) is 7.92. The molecular weight excluding hydrogens is 456 g/mol. The van der Waals surface area contributed by atoms with Crippen molar-refractivity contribution in [3.8, 4) is 0 Å². The standard InChI is InChI=1S/C38H50/c1-3-5-7-9-11-13-15-33-17-21-35(22-18-33)25-27-37-29-31-38(32-30-37)28-26-36-23-19-34(20-24-36)16-14-12-10-8-6-4-2/h17-32H,3-16H2,1-2H3/b27-25+,28-26+. The predicted molar refractivity (Wildman–Crippen MR) is 171 cm³/mol. The summed E-state index contributed by atoms with van der Waals surface area (Å²) < 4.78 is 0. The zero-order chi connectivity index (χ0) is 26.7. The highest BCUT2D eigenvalue weighted by Gasteiger charge is 1.97. The van der Waals surface area contributed by atoms with Gasteiger partial charge in [-0.25, -0.2) is 0 Å². The summed E-state index contributed by atoms with van der Waals surface area (Å²) in [6.07, 6.45) is 27.6. The van der Waals surface area contributed by atoms with E-state index in [-0.39, 0.29) is 0 Å². The van der Waals surface area contributed by atoms with Gasteiger partial charge in [-0.05, 0) is 59.1 Å². The van der Waals surface area contributed by atoms with Crippen molar-refractivity contribution in [1.29, 1.82) is 0 Å². The van der Waals surface area contributed by atoms with E-state index in [1.807, 2.05) is 0 Å². The van der Waals surface area contributed by atoms with Crippen molar-refractivity contribution in [2.75, 3.05) is 0 Å². The Morgan fingerprint density at radius 1 is 0.342 bits per heavy atom. The molecule has 0 nitrogen and oxygen atoms in total. The van der Waals surface area contributed by atoms with Crippen LogP contribution >= 0.6 is 0 Å². The molecule has 0 spiro atoms. The first kappa shape index (κ1) is 29.7. The van der Waals surface area contributed by atoms with Gasteiger partial charge in [0.15, 0.2) is 0 Å². The van der Waals surface area contributed by atoms with Gasteiger partial charge in [0.25, 0.3) is 0 Å². The minimum absolute atomic E-state index is 1.20. The number of unbranched alkanes of at least 4 members (excludes halogenated alkanes) is 10. The molecule has 3 aromatic carbocycles. The summed E-state index contributed by atoms with van der Waals surface area (Å²) >= 11 is 0. The quantitative estimate of drug-likeness (QED) is 0.119. The molecule has 3 rings (SSSR count). The Hall–Kier alpha value is -2.86. The zero-order valence-electron chi connectivity index (χ0n) is 24.1. The Morgan fingerprint density at radius 2 is 0.605 bits per heavy atom. The van der Waals surface area contributed by atoms with E-state index >= 15 is 0 Å². The van der Waals surface area contributed by atoms with Crippen molar-refractivity contribution < 1.29 is 0 Å². The molecule has 0 aliphatic heterocycles. The predicted octanol–water partition coefficient (Wildman–Crippen LogP) is 11.8. The first-order valence-electron chi connectivity index (χ1n) is 15.4. The van der Waals surface area contributed by atoms with Crippen LogP contribution < -0.4 is 0 Å². The maximum Gasteiger partial charge on any atom is -0.0256 e. The minimum Gasteiger partial charge on any atom is -0.0654 e. The first-order chi connectivity index (χ1) is 18.8. The van der Waals surface area contributed by atoms with Crippen LogP contribution in [0.2, 0.25) is 0 Å². The number of aryl methyl sites for hydroxylation is 2. The molecule has 0 aromatic heterocycles. The lowest BCUT2D eigenvalue weighted by atomic mass is 10.0. The van der Waals surface area contributed by atoms with Gasteiger partial charge in [0, 0.05) is 0 Å². The highest BCUT2D eigenvalue weighted by molar-refractivity contribution is 5.73. The summed E-state index contributed by atoms with van der Waals surface area (Å²) in [6.45, 7) is 4.56. The molecule has 0 fully saturated rings. The average Bonchev–Trinajstić information content (AvgIpc) is 2.96.